The summed E-state index contributed by atoms with van der Waals surface area (Å²) >= 11 is 0. The zero-order valence-electron chi connectivity index (χ0n) is 7.64. The fraction of sp³-hybridized carbons (Fsp3) is 0.273. The van der Waals surface area contributed by atoms with Crippen LogP contribution in [0, 0.1) is 0 Å². The van der Waals surface area contributed by atoms with E-state index in [1.807, 2.05) is 18.2 Å². The Balaban J connectivity index is 2.79. The largest absolute Gasteiger partial charge is 0.386 e. The molecule has 2 N–H and O–H groups in total. The summed E-state index contributed by atoms with van der Waals surface area (Å²) in [6.07, 6.45) is -1.76. The zero-order chi connectivity index (χ0) is 9.84. The average molecular weight is 178 g/mol. The first-order valence-electron chi connectivity index (χ1n) is 4.19. The van der Waals surface area contributed by atoms with Gasteiger partial charge in [0.2, 0.25) is 0 Å². The van der Waals surface area contributed by atoms with Gasteiger partial charge in [-0.3, -0.25) is 0 Å². The van der Waals surface area contributed by atoms with Crippen LogP contribution in [-0.4, -0.2) is 16.3 Å². The van der Waals surface area contributed by atoms with Gasteiger partial charge in [-0.15, -0.1) is 0 Å². The summed E-state index contributed by atoms with van der Waals surface area (Å²) in [6.45, 7) is 5.28. The molecule has 0 aromatic heterocycles. The van der Waals surface area contributed by atoms with Crippen LogP contribution in [0.3, 0.4) is 0 Å². The first kappa shape index (κ1) is 9.96. The van der Waals surface area contributed by atoms with Crippen LogP contribution in [0.1, 0.15) is 18.6 Å². The van der Waals surface area contributed by atoms with Gasteiger partial charge >= 0.3 is 0 Å². The molecule has 0 fully saturated rings. The normalized spacial score (nSPS) is 15.0. The second kappa shape index (κ2) is 4.21. The second-order valence-corrected chi connectivity index (χ2v) is 3.15. The van der Waals surface area contributed by atoms with Crippen molar-refractivity contribution in [3.05, 3.63) is 48.0 Å². The van der Waals surface area contributed by atoms with Gasteiger partial charge in [-0.1, -0.05) is 36.9 Å². The molecule has 0 aliphatic rings. The Kier molecular flexibility index (Phi) is 3.23. The summed E-state index contributed by atoms with van der Waals surface area (Å²) in [7, 11) is 0. The zero-order valence-corrected chi connectivity index (χ0v) is 7.64. The Labute approximate surface area is 78.2 Å². The first-order valence-corrected chi connectivity index (χ1v) is 4.19. The SMILES string of the molecule is C=C(C)[C@@H](O)[C@H](O)c1ccccc1. The molecule has 70 valence electrons. The third-order valence-corrected chi connectivity index (χ3v) is 1.95. The lowest BCUT2D eigenvalue weighted by atomic mass is 10.0. The molecule has 2 atom stereocenters. The molecule has 0 amide bonds. The van der Waals surface area contributed by atoms with E-state index >= 15 is 0 Å². The van der Waals surface area contributed by atoms with E-state index in [0.717, 1.165) is 0 Å². The van der Waals surface area contributed by atoms with Crippen LogP contribution in [0.5, 0.6) is 0 Å². The predicted octanol–water partition coefficient (Wildman–Crippen LogP) is 1.66. The quantitative estimate of drug-likeness (QED) is 0.691. The predicted molar refractivity (Wildman–Crippen MR) is 52.2 cm³/mol. The summed E-state index contributed by atoms with van der Waals surface area (Å²) in [5.41, 5.74) is 1.27. The number of benzene rings is 1. The molecule has 0 radical (unpaired) electrons. The van der Waals surface area contributed by atoms with Crippen molar-refractivity contribution in [2.45, 2.75) is 19.1 Å². The average Bonchev–Trinajstić information content (AvgIpc) is 2.17. The van der Waals surface area contributed by atoms with E-state index in [9.17, 15) is 10.2 Å². The monoisotopic (exact) mass is 178 g/mol. The highest BCUT2D eigenvalue weighted by Gasteiger charge is 2.17. The van der Waals surface area contributed by atoms with E-state index in [2.05, 4.69) is 6.58 Å². The van der Waals surface area contributed by atoms with Crippen molar-refractivity contribution < 1.29 is 10.2 Å². The number of hydrogen-bond donors (Lipinski definition) is 2. The van der Waals surface area contributed by atoms with Crippen molar-refractivity contribution >= 4 is 0 Å². The molecule has 0 saturated heterocycles. The second-order valence-electron chi connectivity index (χ2n) is 3.15. The minimum atomic E-state index is -0.887. The lowest BCUT2D eigenvalue weighted by Gasteiger charge is -2.17. The van der Waals surface area contributed by atoms with Gasteiger partial charge < -0.3 is 10.2 Å². The maximum Gasteiger partial charge on any atom is 0.109 e. The summed E-state index contributed by atoms with van der Waals surface area (Å²) in [4.78, 5) is 0. The minimum absolute atomic E-state index is 0.566. The van der Waals surface area contributed by atoms with Gasteiger partial charge in [0.15, 0.2) is 0 Å². The van der Waals surface area contributed by atoms with Crippen LogP contribution in [0.4, 0.5) is 0 Å². The number of rotatable bonds is 3. The van der Waals surface area contributed by atoms with Gasteiger partial charge in [0.05, 0.1) is 0 Å². The van der Waals surface area contributed by atoms with Crippen molar-refractivity contribution in [3.63, 3.8) is 0 Å². The van der Waals surface area contributed by atoms with E-state index in [-0.39, 0.29) is 0 Å². The van der Waals surface area contributed by atoms with Crippen molar-refractivity contribution in [1.29, 1.82) is 0 Å². The molecule has 0 unspecified atom stereocenters. The van der Waals surface area contributed by atoms with E-state index in [1.165, 1.54) is 0 Å². The molecule has 0 aliphatic carbocycles. The molecule has 2 nitrogen and oxygen atoms in total. The molecule has 0 spiro atoms. The highest BCUT2D eigenvalue weighted by Crippen LogP contribution is 2.19. The standard InChI is InChI=1S/C11H14O2/c1-8(2)10(12)11(13)9-6-4-3-5-7-9/h3-7,10-13H,1H2,2H3/t10-,11-/m1/s1. The first-order chi connectivity index (χ1) is 6.13. The minimum Gasteiger partial charge on any atom is -0.386 e. The Hall–Kier alpha value is -1.12. The number of aliphatic hydroxyl groups excluding tert-OH is 2. The molecule has 0 aliphatic heterocycles. The van der Waals surface area contributed by atoms with Gasteiger partial charge in [-0.05, 0) is 18.1 Å². The van der Waals surface area contributed by atoms with Crippen LogP contribution >= 0.6 is 0 Å². The number of aliphatic hydroxyl groups is 2. The molecule has 0 saturated carbocycles. The maximum absolute atomic E-state index is 9.65. The summed E-state index contributed by atoms with van der Waals surface area (Å²) in [5, 5.41) is 19.1. The molecule has 2 heteroatoms. The highest BCUT2D eigenvalue weighted by atomic mass is 16.3. The molecule has 1 aromatic rings. The van der Waals surface area contributed by atoms with Gasteiger partial charge in [0.25, 0.3) is 0 Å². The van der Waals surface area contributed by atoms with Crippen molar-refractivity contribution in [2.24, 2.45) is 0 Å². The van der Waals surface area contributed by atoms with Crippen LogP contribution in [-0.2, 0) is 0 Å². The van der Waals surface area contributed by atoms with E-state index in [4.69, 9.17) is 0 Å². The van der Waals surface area contributed by atoms with Gasteiger partial charge in [-0.25, -0.2) is 0 Å². The summed E-state index contributed by atoms with van der Waals surface area (Å²) in [6, 6.07) is 9.06. The fourth-order valence-electron chi connectivity index (χ4n) is 1.10. The Morgan fingerprint density at radius 2 is 1.77 bits per heavy atom. The van der Waals surface area contributed by atoms with Crippen LogP contribution in [0.2, 0.25) is 0 Å². The van der Waals surface area contributed by atoms with Gasteiger partial charge in [0, 0.05) is 0 Å². The lowest BCUT2D eigenvalue weighted by molar-refractivity contribution is 0.0415. The highest BCUT2D eigenvalue weighted by molar-refractivity contribution is 5.21. The lowest BCUT2D eigenvalue weighted by Crippen LogP contribution is -2.18. The molecule has 0 heterocycles. The molecule has 1 rings (SSSR count). The van der Waals surface area contributed by atoms with Crippen molar-refractivity contribution in [1.82, 2.24) is 0 Å². The molecular weight excluding hydrogens is 164 g/mol. The molecule has 0 bridgehead atoms. The van der Waals surface area contributed by atoms with Gasteiger partial charge in [-0.2, -0.15) is 0 Å². The third kappa shape index (κ3) is 2.41. The number of hydrogen-bond acceptors (Lipinski definition) is 2. The van der Waals surface area contributed by atoms with E-state index in [0.29, 0.717) is 11.1 Å². The summed E-state index contributed by atoms with van der Waals surface area (Å²) in [5.74, 6) is 0. The third-order valence-electron chi connectivity index (χ3n) is 1.95. The molecular formula is C11H14O2. The smallest absolute Gasteiger partial charge is 0.109 e. The van der Waals surface area contributed by atoms with Crippen LogP contribution in [0.25, 0.3) is 0 Å². The molecule has 1 aromatic carbocycles. The van der Waals surface area contributed by atoms with Crippen LogP contribution < -0.4 is 0 Å². The van der Waals surface area contributed by atoms with Gasteiger partial charge in [0.1, 0.15) is 12.2 Å². The molecule has 13 heavy (non-hydrogen) atoms. The summed E-state index contributed by atoms with van der Waals surface area (Å²) < 4.78 is 0. The Morgan fingerprint density at radius 1 is 1.23 bits per heavy atom. The fourth-order valence-corrected chi connectivity index (χ4v) is 1.10. The topological polar surface area (TPSA) is 40.5 Å². The van der Waals surface area contributed by atoms with E-state index in [1.54, 1.807) is 19.1 Å². The Morgan fingerprint density at radius 3 is 2.23 bits per heavy atom. The maximum atomic E-state index is 9.65. The van der Waals surface area contributed by atoms with Crippen molar-refractivity contribution in [2.75, 3.05) is 0 Å². The Bertz CT molecular complexity index is 279. The van der Waals surface area contributed by atoms with E-state index < -0.39 is 12.2 Å². The van der Waals surface area contributed by atoms with Crippen molar-refractivity contribution in [3.8, 4) is 0 Å². The van der Waals surface area contributed by atoms with Crippen LogP contribution in [0.15, 0.2) is 42.5 Å².